The van der Waals surface area contributed by atoms with E-state index in [1.54, 1.807) is 7.11 Å². The van der Waals surface area contributed by atoms with Crippen LogP contribution in [0.1, 0.15) is 0 Å². The molecule has 3 rings (SSSR count). The minimum Gasteiger partial charge on any atom is -0.497 e. The number of nitrogens with zero attached hydrogens (tertiary/aromatic N) is 1. The Labute approximate surface area is 104 Å². The Morgan fingerprint density at radius 2 is 2.12 bits per heavy atom. The summed E-state index contributed by atoms with van der Waals surface area (Å²) in [6, 6.07) is 7.92. The van der Waals surface area contributed by atoms with Crippen LogP contribution < -0.4 is 15.0 Å². The summed E-state index contributed by atoms with van der Waals surface area (Å²) >= 11 is 1.81. The maximum atomic E-state index is 6.14. The van der Waals surface area contributed by atoms with Crippen LogP contribution in [0.5, 0.6) is 5.75 Å². The molecule has 0 aliphatic carbocycles. The highest BCUT2D eigenvalue weighted by molar-refractivity contribution is 7.99. The number of fused-ring (bicyclic) bond motifs is 1. The van der Waals surface area contributed by atoms with Gasteiger partial charge in [0.2, 0.25) is 0 Å². The SMILES string of the molecule is COc1ccc(-c2[nH]c3[n+](c2N)CCS3)cc1. The minimum absolute atomic E-state index is 0.815. The van der Waals surface area contributed by atoms with E-state index in [9.17, 15) is 0 Å². The molecule has 17 heavy (non-hydrogen) atoms. The van der Waals surface area contributed by atoms with Crippen LogP contribution in [0, 0.1) is 0 Å². The van der Waals surface area contributed by atoms with Gasteiger partial charge in [-0.3, -0.25) is 4.98 Å². The van der Waals surface area contributed by atoms with Crippen molar-refractivity contribution in [1.82, 2.24) is 4.98 Å². The molecule has 0 fully saturated rings. The Morgan fingerprint density at radius 3 is 2.76 bits per heavy atom. The largest absolute Gasteiger partial charge is 0.497 e. The Bertz CT molecular complexity index is 548. The fraction of sp³-hybridized carbons (Fsp3) is 0.250. The number of rotatable bonds is 2. The molecule has 0 bridgehead atoms. The number of methoxy groups -OCH3 is 1. The van der Waals surface area contributed by atoms with Crippen molar-refractivity contribution in [3.63, 3.8) is 0 Å². The minimum atomic E-state index is 0.815. The van der Waals surface area contributed by atoms with E-state index in [-0.39, 0.29) is 0 Å². The zero-order valence-electron chi connectivity index (χ0n) is 9.56. The van der Waals surface area contributed by atoms with Gasteiger partial charge in [0.05, 0.1) is 13.7 Å². The summed E-state index contributed by atoms with van der Waals surface area (Å²) in [5.41, 5.74) is 8.23. The van der Waals surface area contributed by atoms with E-state index in [1.165, 1.54) is 0 Å². The number of anilines is 1. The molecule has 0 spiro atoms. The van der Waals surface area contributed by atoms with Crippen LogP contribution in [0.15, 0.2) is 29.4 Å². The van der Waals surface area contributed by atoms with Crippen LogP contribution in [-0.2, 0) is 6.54 Å². The molecule has 0 saturated heterocycles. The van der Waals surface area contributed by atoms with Gasteiger partial charge in [-0.25, -0.2) is 4.57 Å². The number of ether oxygens (including phenoxy) is 1. The zero-order chi connectivity index (χ0) is 11.8. The van der Waals surface area contributed by atoms with Crippen LogP contribution in [0.4, 0.5) is 5.82 Å². The zero-order valence-corrected chi connectivity index (χ0v) is 10.4. The van der Waals surface area contributed by atoms with Gasteiger partial charge in [-0.15, -0.1) is 0 Å². The normalized spacial score (nSPS) is 13.7. The lowest BCUT2D eigenvalue weighted by molar-refractivity contribution is -0.708. The third-order valence-corrected chi connectivity index (χ3v) is 3.94. The Balaban J connectivity index is 2.03. The van der Waals surface area contributed by atoms with Crippen LogP contribution >= 0.6 is 11.8 Å². The standard InChI is InChI=1S/C12H13N3OS/c1-16-9-4-2-8(3-5-9)10-11(13)15-6-7-17-12(15)14-10/h2-5H,6-7,13H2,1H3/p+1. The second-order valence-corrected chi connectivity index (χ2v) is 5.00. The van der Waals surface area contributed by atoms with Crippen molar-refractivity contribution in [2.75, 3.05) is 18.6 Å². The van der Waals surface area contributed by atoms with Crippen molar-refractivity contribution >= 4 is 17.6 Å². The van der Waals surface area contributed by atoms with Crippen molar-refractivity contribution in [2.24, 2.45) is 0 Å². The summed E-state index contributed by atoms with van der Waals surface area (Å²) in [6.07, 6.45) is 0. The predicted molar refractivity (Wildman–Crippen MR) is 68.1 cm³/mol. The third-order valence-electron chi connectivity index (χ3n) is 2.96. The van der Waals surface area contributed by atoms with Gasteiger partial charge in [-0.1, -0.05) is 11.8 Å². The van der Waals surface area contributed by atoms with Crippen LogP contribution in [0.2, 0.25) is 0 Å². The number of nitrogen functional groups attached to an aromatic ring is 1. The number of thioether (sulfide) groups is 1. The van der Waals surface area contributed by atoms with Crippen LogP contribution in [0.25, 0.3) is 11.3 Å². The number of imidazole rings is 1. The molecule has 88 valence electrons. The average molecular weight is 248 g/mol. The van der Waals surface area contributed by atoms with E-state index in [1.807, 2.05) is 36.0 Å². The first-order chi connectivity index (χ1) is 8.29. The molecule has 0 radical (unpaired) electrons. The summed E-state index contributed by atoms with van der Waals surface area (Å²) in [5, 5.41) is 1.15. The van der Waals surface area contributed by atoms with Crippen molar-refractivity contribution in [1.29, 1.82) is 0 Å². The lowest BCUT2D eigenvalue weighted by Crippen LogP contribution is -2.33. The number of aromatic nitrogens is 2. The lowest BCUT2D eigenvalue weighted by Gasteiger charge is -2.00. The molecule has 0 atom stereocenters. The number of nitrogens with one attached hydrogen (secondary N) is 1. The molecule has 5 heteroatoms. The third kappa shape index (κ3) is 1.67. The van der Waals surface area contributed by atoms with Gasteiger partial charge in [0.25, 0.3) is 11.0 Å². The summed E-state index contributed by atoms with van der Waals surface area (Å²) in [4.78, 5) is 3.38. The van der Waals surface area contributed by atoms with Crippen molar-refractivity contribution in [3.05, 3.63) is 24.3 Å². The fourth-order valence-electron chi connectivity index (χ4n) is 2.03. The monoisotopic (exact) mass is 248 g/mol. The number of H-pyrrole nitrogens is 1. The summed E-state index contributed by atoms with van der Waals surface area (Å²) in [5.74, 6) is 2.77. The highest BCUT2D eigenvalue weighted by Crippen LogP contribution is 2.29. The first-order valence-electron chi connectivity index (χ1n) is 5.48. The maximum absolute atomic E-state index is 6.14. The Morgan fingerprint density at radius 1 is 1.35 bits per heavy atom. The smallest absolute Gasteiger partial charge is 0.263 e. The van der Waals surface area contributed by atoms with Gasteiger partial charge in [0.1, 0.15) is 5.75 Å². The van der Waals surface area contributed by atoms with Gasteiger partial charge in [0, 0.05) is 11.3 Å². The van der Waals surface area contributed by atoms with E-state index >= 15 is 0 Å². The van der Waals surface area contributed by atoms with E-state index in [0.717, 1.165) is 40.3 Å². The highest BCUT2D eigenvalue weighted by Gasteiger charge is 2.26. The second kappa shape index (κ2) is 4.00. The predicted octanol–water partition coefficient (Wildman–Crippen LogP) is 1.67. The van der Waals surface area contributed by atoms with Crippen LogP contribution in [-0.4, -0.2) is 17.8 Å². The molecule has 0 amide bonds. The Hall–Kier alpha value is -1.62. The number of aromatic amines is 1. The maximum Gasteiger partial charge on any atom is 0.263 e. The molecule has 2 heterocycles. The van der Waals surface area contributed by atoms with Gasteiger partial charge >= 0.3 is 0 Å². The highest BCUT2D eigenvalue weighted by atomic mass is 32.2. The molecule has 0 saturated carbocycles. The van der Waals surface area contributed by atoms with Crippen molar-refractivity contribution in [2.45, 2.75) is 11.7 Å². The number of hydrogen-bond donors (Lipinski definition) is 2. The van der Waals surface area contributed by atoms with E-state index in [2.05, 4.69) is 9.55 Å². The summed E-state index contributed by atoms with van der Waals surface area (Å²) in [6.45, 7) is 0.985. The van der Waals surface area contributed by atoms with Crippen molar-refractivity contribution < 1.29 is 9.30 Å². The lowest BCUT2D eigenvalue weighted by atomic mass is 10.1. The molecule has 1 aliphatic heterocycles. The number of hydrogen-bond acceptors (Lipinski definition) is 3. The molecule has 4 nitrogen and oxygen atoms in total. The topological polar surface area (TPSA) is 54.9 Å². The van der Waals surface area contributed by atoms with E-state index < -0.39 is 0 Å². The molecule has 0 unspecified atom stereocenters. The van der Waals surface area contributed by atoms with Gasteiger partial charge < -0.3 is 10.5 Å². The first-order valence-corrected chi connectivity index (χ1v) is 6.46. The summed E-state index contributed by atoms with van der Waals surface area (Å²) < 4.78 is 7.27. The first kappa shape index (κ1) is 10.5. The molecular formula is C12H14N3OS+. The van der Waals surface area contributed by atoms with E-state index in [0.29, 0.717) is 0 Å². The van der Waals surface area contributed by atoms with Gasteiger partial charge in [-0.05, 0) is 24.3 Å². The van der Waals surface area contributed by atoms with Crippen LogP contribution in [0.3, 0.4) is 0 Å². The number of benzene rings is 1. The molecule has 3 N–H and O–H groups in total. The Kier molecular flexibility index (Phi) is 2.48. The molecule has 1 aromatic heterocycles. The summed E-state index contributed by atoms with van der Waals surface area (Å²) in [7, 11) is 1.67. The van der Waals surface area contributed by atoms with E-state index in [4.69, 9.17) is 10.5 Å². The van der Waals surface area contributed by atoms with Gasteiger partial charge in [-0.2, -0.15) is 0 Å². The fourth-order valence-corrected chi connectivity index (χ4v) is 3.02. The molecule has 1 aromatic carbocycles. The molecule has 1 aliphatic rings. The average Bonchev–Trinajstić information content (AvgIpc) is 2.93. The quantitative estimate of drug-likeness (QED) is 0.795. The number of nitrogens with two attached hydrogens (primary N) is 1. The molecular weight excluding hydrogens is 234 g/mol. The second-order valence-electron chi connectivity index (χ2n) is 3.92. The molecule has 2 aromatic rings. The van der Waals surface area contributed by atoms with Gasteiger partial charge in [0.15, 0.2) is 5.69 Å². The van der Waals surface area contributed by atoms with Crippen molar-refractivity contribution in [3.8, 4) is 17.0 Å².